The normalized spacial score (nSPS) is 29.3. The summed E-state index contributed by atoms with van der Waals surface area (Å²) in [6, 6.07) is 18.6. The molecule has 2 aromatic rings. The van der Waals surface area contributed by atoms with E-state index in [0.29, 0.717) is 28.0 Å². The third-order valence-electron chi connectivity index (χ3n) is 6.47. The lowest BCUT2D eigenvalue weighted by molar-refractivity contribution is -0.288. The van der Waals surface area contributed by atoms with Crippen molar-refractivity contribution in [3.05, 3.63) is 62.5 Å². The molecule has 2 aromatic carbocycles. The van der Waals surface area contributed by atoms with Gasteiger partial charge in [0.05, 0.1) is 30.7 Å². The van der Waals surface area contributed by atoms with Crippen LogP contribution in [-0.4, -0.2) is 12.5 Å². The maximum Gasteiger partial charge on any atom is 0.244 e. The number of nitrogens with one attached hydrogen (secondary N) is 1. The van der Waals surface area contributed by atoms with Crippen molar-refractivity contribution in [1.82, 2.24) is 0 Å². The quantitative estimate of drug-likeness (QED) is 0.502. The van der Waals surface area contributed by atoms with Gasteiger partial charge in [-0.1, -0.05) is 50.9 Å². The molecule has 2 fully saturated rings. The second-order valence-electron chi connectivity index (χ2n) is 7.89. The highest BCUT2D eigenvalue weighted by Crippen LogP contribution is 2.69. The minimum absolute atomic E-state index is 0.345. The van der Waals surface area contributed by atoms with Crippen LogP contribution >= 0.6 is 31.9 Å². The van der Waals surface area contributed by atoms with Gasteiger partial charge < -0.3 is 14.2 Å². The molecule has 2 saturated heterocycles. The van der Waals surface area contributed by atoms with E-state index in [2.05, 4.69) is 50.1 Å². The first-order valence-electron chi connectivity index (χ1n) is 10.1. The Labute approximate surface area is 208 Å². The van der Waals surface area contributed by atoms with E-state index in [1.165, 1.54) is 0 Å². The maximum absolute atomic E-state index is 10.4. The third-order valence-corrected chi connectivity index (χ3v) is 7.49. The Morgan fingerprint density at radius 3 is 2.24 bits per heavy atom. The van der Waals surface area contributed by atoms with Crippen LogP contribution in [0.2, 0.25) is 0 Å². The van der Waals surface area contributed by atoms with Gasteiger partial charge in [0.15, 0.2) is 5.41 Å². The van der Waals surface area contributed by atoms with Gasteiger partial charge in [-0.25, -0.2) is 0 Å². The Morgan fingerprint density at radius 2 is 1.67 bits per heavy atom. The molecule has 9 heteroatoms. The number of nitrogens with zero attached hydrogens (tertiary/aromatic N) is 3. The van der Waals surface area contributed by atoms with Crippen LogP contribution in [0.5, 0.6) is 5.75 Å². The van der Waals surface area contributed by atoms with Crippen LogP contribution in [0.1, 0.15) is 31.1 Å². The molecule has 0 saturated carbocycles. The van der Waals surface area contributed by atoms with Crippen LogP contribution in [0.3, 0.4) is 0 Å². The van der Waals surface area contributed by atoms with Gasteiger partial charge in [-0.3, -0.25) is 5.41 Å². The first-order chi connectivity index (χ1) is 15.8. The van der Waals surface area contributed by atoms with Gasteiger partial charge in [-0.05, 0) is 37.3 Å². The molecule has 0 aromatic heterocycles. The van der Waals surface area contributed by atoms with Gasteiger partial charge in [0, 0.05) is 20.1 Å². The molecule has 2 aliphatic rings. The Bertz CT molecular complexity index is 1250. The van der Waals surface area contributed by atoms with Gasteiger partial charge in [-0.2, -0.15) is 15.8 Å². The van der Waals surface area contributed by atoms with E-state index in [-0.39, 0.29) is 0 Å². The Balaban J connectivity index is 2.06. The summed E-state index contributed by atoms with van der Waals surface area (Å²) in [4.78, 5) is 0. The van der Waals surface area contributed by atoms with Gasteiger partial charge in [0.25, 0.3) is 0 Å². The molecule has 2 heterocycles. The highest BCUT2D eigenvalue weighted by Gasteiger charge is 2.80. The SMILES string of the molecule is CCOc1ccc(Br)cc1C1OC2(c3ccc(Br)cc3)OC(=N)C(C#N)(C2C)C1(C#N)C#N. The fraction of sp³-hybridized carbons (Fsp3) is 0.333. The number of nitriles is 3. The predicted molar refractivity (Wildman–Crippen MR) is 125 cm³/mol. The Hall–Kier alpha value is -2.90. The standard InChI is InChI=1S/C24H18Br2N4O3/c1-3-31-19-9-8-17(26)10-18(19)20-22(11-27,12-28)23(13-29)14(2)24(32-20,33-21(23)30)15-4-6-16(25)7-5-15/h4-10,14,20,30H,3H2,1-2H3. The molecule has 0 amide bonds. The highest BCUT2D eigenvalue weighted by molar-refractivity contribution is 9.10. The molecule has 2 bridgehead atoms. The van der Waals surface area contributed by atoms with Crippen molar-refractivity contribution in [3.63, 3.8) is 0 Å². The number of ether oxygens (including phenoxy) is 3. The molecule has 4 rings (SSSR count). The minimum atomic E-state index is -2.07. The fourth-order valence-corrected chi connectivity index (χ4v) is 5.48. The smallest absolute Gasteiger partial charge is 0.244 e. The summed E-state index contributed by atoms with van der Waals surface area (Å²) in [6.07, 6.45) is -1.24. The maximum atomic E-state index is 10.4. The summed E-state index contributed by atoms with van der Waals surface area (Å²) in [7, 11) is 0. The van der Waals surface area contributed by atoms with E-state index >= 15 is 0 Å². The highest BCUT2D eigenvalue weighted by atomic mass is 79.9. The van der Waals surface area contributed by atoms with E-state index in [1.54, 1.807) is 49.4 Å². The topological polar surface area (TPSA) is 123 Å². The largest absolute Gasteiger partial charge is 0.493 e. The van der Waals surface area contributed by atoms with Crippen LogP contribution in [0.15, 0.2) is 51.4 Å². The van der Waals surface area contributed by atoms with E-state index in [4.69, 9.17) is 19.6 Å². The van der Waals surface area contributed by atoms with Crippen molar-refractivity contribution in [3.8, 4) is 24.0 Å². The Kier molecular flexibility index (Phi) is 5.75. The lowest BCUT2D eigenvalue weighted by atomic mass is 9.53. The molecule has 1 N–H and O–H groups in total. The van der Waals surface area contributed by atoms with Crippen LogP contribution in [0, 0.1) is 56.2 Å². The first kappa shape index (κ1) is 23.3. The zero-order valence-corrected chi connectivity index (χ0v) is 20.9. The molecule has 4 atom stereocenters. The summed E-state index contributed by atoms with van der Waals surface area (Å²) in [5, 5.41) is 39.9. The van der Waals surface area contributed by atoms with E-state index in [1.807, 2.05) is 6.92 Å². The van der Waals surface area contributed by atoms with Crippen molar-refractivity contribution < 1.29 is 14.2 Å². The lowest BCUT2D eigenvalue weighted by Gasteiger charge is -2.49. The number of rotatable bonds is 4. The summed E-state index contributed by atoms with van der Waals surface area (Å²) >= 11 is 6.85. The third kappa shape index (κ3) is 2.95. The summed E-state index contributed by atoms with van der Waals surface area (Å²) < 4.78 is 19.9. The molecule has 2 aliphatic heterocycles. The second-order valence-corrected chi connectivity index (χ2v) is 9.72. The van der Waals surface area contributed by atoms with Crippen molar-refractivity contribution in [2.45, 2.75) is 25.7 Å². The molecule has 7 nitrogen and oxygen atoms in total. The molecule has 0 spiro atoms. The van der Waals surface area contributed by atoms with Gasteiger partial charge in [-0.15, -0.1) is 0 Å². The summed E-state index contributed by atoms with van der Waals surface area (Å²) in [6.45, 7) is 3.84. The second kappa shape index (κ2) is 8.15. The van der Waals surface area contributed by atoms with Crippen LogP contribution in [0.4, 0.5) is 0 Å². The molecule has 0 aliphatic carbocycles. The molecule has 166 valence electrons. The van der Waals surface area contributed by atoms with Crippen LogP contribution in [0.25, 0.3) is 0 Å². The van der Waals surface area contributed by atoms with E-state index in [9.17, 15) is 15.8 Å². The van der Waals surface area contributed by atoms with Crippen LogP contribution < -0.4 is 4.74 Å². The summed E-state index contributed by atoms with van der Waals surface area (Å²) in [5.74, 6) is -2.43. The zero-order chi connectivity index (χ0) is 24.0. The van der Waals surface area contributed by atoms with Gasteiger partial charge in [0.2, 0.25) is 17.1 Å². The first-order valence-corrected chi connectivity index (χ1v) is 11.7. The monoisotopic (exact) mass is 568 g/mol. The van der Waals surface area contributed by atoms with E-state index < -0.39 is 34.5 Å². The predicted octanol–water partition coefficient (Wildman–Crippen LogP) is 5.72. The number of halogens is 2. The number of fused-ring (bicyclic) bond motifs is 2. The van der Waals surface area contributed by atoms with Gasteiger partial charge in [0.1, 0.15) is 11.9 Å². The number of hydrogen-bond donors (Lipinski definition) is 1. The number of benzene rings is 2. The molecular weight excluding hydrogens is 552 g/mol. The Morgan fingerprint density at radius 1 is 1.03 bits per heavy atom. The van der Waals surface area contributed by atoms with Crippen molar-refractivity contribution in [1.29, 1.82) is 21.2 Å². The average molecular weight is 570 g/mol. The van der Waals surface area contributed by atoms with Crippen molar-refractivity contribution in [2.24, 2.45) is 16.7 Å². The van der Waals surface area contributed by atoms with Crippen molar-refractivity contribution in [2.75, 3.05) is 6.61 Å². The van der Waals surface area contributed by atoms with Gasteiger partial charge >= 0.3 is 0 Å². The average Bonchev–Trinajstić information content (AvgIpc) is 2.97. The van der Waals surface area contributed by atoms with Crippen LogP contribution in [-0.2, 0) is 15.3 Å². The lowest BCUT2D eigenvalue weighted by Crippen LogP contribution is -2.57. The minimum Gasteiger partial charge on any atom is -0.493 e. The van der Waals surface area contributed by atoms with E-state index in [0.717, 1.165) is 4.47 Å². The van der Waals surface area contributed by atoms with Crippen molar-refractivity contribution >= 4 is 37.8 Å². The summed E-state index contributed by atoms with van der Waals surface area (Å²) in [5.41, 5.74) is -2.96. The molecule has 33 heavy (non-hydrogen) atoms. The molecular formula is C24H18Br2N4O3. The number of hydrogen-bond acceptors (Lipinski definition) is 7. The zero-order valence-electron chi connectivity index (χ0n) is 17.7. The fourth-order valence-electron chi connectivity index (χ4n) is 4.84. The molecule has 4 unspecified atom stereocenters. The molecule has 0 radical (unpaired) electrons.